The predicted molar refractivity (Wildman–Crippen MR) is 130 cm³/mol. The molecule has 1 spiro atoms. The van der Waals surface area contributed by atoms with Gasteiger partial charge < -0.3 is 14.5 Å². The van der Waals surface area contributed by atoms with Crippen LogP contribution in [0.5, 0.6) is 5.75 Å². The van der Waals surface area contributed by atoms with Crippen molar-refractivity contribution in [2.75, 3.05) is 24.5 Å². The highest BCUT2D eigenvalue weighted by Crippen LogP contribution is 2.40. The normalized spacial score (nSPS) is 21.5. The number of carbonyl (C=O) groups excluding carboxylic acids is 3. The molecular formula is C28H32N2O4. The standard InChI is InChI=1S/C28H32N2O4/c1-3-19-8-7-9-20(4-2)26(19)30-18-21(16-25(30)32)27(33)29-14-12-28(13-15-29)17-23(31)22-10-5-6-11-24(22)34-28/h5-11,21H,3-4,12-18H2,1-2H3. The summed E-state index contributed by atoms with van der Waals surface area (Å²) in [5.74, 6) is 0.503. The molecule has 2 aromatic rings. The minimum Gasteiger partial charge on any atom is -0.486 e. The van der Waals surface area contributed by atoms with Crippen molar-refractivity contribution in [2.45, 2.75) is 58.0 Å². The van der Waals surface area contributed by atoms with Crippen LogP contribution in [0.2, 0.25) is 0 Å². The Labute approximate surface area is 200 Å². The number of nitrogens with zero attached hydrogens (tertiary/aromatic N) is 2. The summed E-state index contributed by atoms with van der Waals surface area (Å²) in [6.45, 7) is 5.73. The summed E-state index contributed by atoms with van der Waals surface area (Å²) in [6.07, 6.45) is 3.56. The van der Waals surface area contributed by atoms with Crippen LogP contribution in [0.15, 0.2) is 42.5 Å². The van der Waals surface area contributed by atoms with E-state index in [-0.39, 0.29) is 29.9 Å². The van der Waals surface area contributed by atoms with Gasteiger partial charge in [0.05, 0.1) is 17.9 Å². The number of Topliss-reactive ketones (excluding diaryl/α,β-unsaturated/α-hetero) is 1. The third-order valence-corrected chi connectivity index (χ3v) is 7.69. The van der Waals surface area contributed by atoms with Crippen LogP contribution in [0.4, 0.5) is 5.69 Å². The lowest BCUT2D eigenvalue weighted by Gasteiger charge is -2.44. The zero-order valence-electron chi connectivity index (χ0n) is 20.0. The van der Waals surface area contributed by atoms with E-state index in [4.69, 9.17) is 4.74 Å². The third kappa shape index (κ3) is 3.89. The maximum absolute atomic E-state index is 13.4. The van der Waals surface area contributed by atoms with Crippen LogP contribution >= 0.6 is 0 Å². The number of amides is 2. The number of rotatable bonds is 4. The molecule has 0 aliphatic carbocycles. The smallest absolute Gasteiger partial charge is 0.228 e. The summed E-state index contributed by atoms with van der Waals surface area (Å²) in [5.41, 5.74) is 3.42. The fourth-order valence-corrected chi connectivity index (χ4v) is 5.77. The monoisotopic (exact) mass is 460 g/mol. The number of anilines is 1. The molecule has 34 heavy (non-hydrogen) atoms. The molecule has 0 saturated carbocycles. The number of piperidine rings is 1. The van der Waals surface area contributed by atoms with Crippen LogP contribution < -0.4 is 9.64 Å². The zero-order chi connectivity index (χ0) is 23.9. The highest BCUT2D eigenvalue weighted by atomic mass is 16.5. The van der Waals surface area contributed by atoms with Crippen molar-refractivity contribution in [1.29, 1.82) is 0 Å². The maximum Gasteiger partial charge on any atom is 0.228 e. The SMILES string of the molecule is CCc1cccc(CC)c1N1CC(C(=O)N2CCC3(CC2)CC(=O)c2ccccc2O3)CC1=O. The molecule has 3 heterocycles. The lowest BCUT2D eigenvalue weighted by Crippen LogP contribution is -2.53. The second-order valence-electron chi connectivity index (χ2n) is 9.74. The van der Waals surface area contributed by atoms with Crippen LogP contribution in [-0.2, 0) is 22.4 Å². The molecule has 0 radical (unpaired) electrons. The van der Waals surface area contributed by atoms with Gasteiger partial charge in [0.1, 0.15) is 11.4 Å². The molecule has 2 amide bonds. The van der Waals surface area contributed by atoms with Gasteiger partial charge in [-0.1, -0.05) is 44.2 Å². The Morgan fingerprint density at radius 3 is 2.35 bits per heavy atom. The Kier molecular flexibility index (Phi) is 5.92. The van der Waals surface area contributed by atoms with Gasteiger partial charge in [-0.05, 0) is 36.1 Å². The minimum atomic E-state index is -0.532. The summed E-state index contributed by atoms with van der Waals surface area (Å²) in [4.78, 5) is 42.8. The quantitative estimate of drug-likeness (QED) is 0.686. The van der Waals surface area contributed by atoms with Gasteiger partial charge in [-0.25, -0.2) is 0 Å². The molecule has 5 rings (SSSR count). The Morgan fingerprint density at radius 1 is 1.00 bits per heavy atom. The first-order valence-electron chi connectivity index (χ1n) is 12.5. The van der Waals surface area contributed by atoms with Crippen molar-refractivity contribution >= 4 is 23.3 Å². The van der Waals surface area contributed by atoms with E-state index in [9.17, 15) is 14.4 Å². The van der Waals surface area contributed by atoms with E-state index in [1.807, 2.05) is 40.1 Å². The summed E-state index contributed by atoms with van der Waals surface area (Å²) < 4.78 is 6.31. The van der Waals surface area contributed by atoms with Gasteiger partial charge in [-0.3, -0.25) is 14.4 Å². The van der Waals surface area contributed by atoms with Crippen molar-refractivity contribution < 1.29 is 19.1 Å². The Bertz CT molecular complexity index is 1110. The molecule has 2 saturated heterocycles. The fourth-order valence-electron chi connectivity index (χ4n) is 5.77. The number of fused-ring (bicyclic) bond motifs is 1. The molecule has 3 aliphatic heterocycles. The Balaban J connectivity index is 1.27. The van der Waals surface area contributed by atoms with Crippen LogP contribution in [0.25, 0.3) is 0 Å². The van der Waals surface area contributed by atoms with Crippen LogP contribution in [0, 0.1) is 5.92 Å². The van der Waals surface area contributed by atoms with Gasteiger partial charge in [0.15, 0.2) is 5.78 Å². The second kappa shape index (κ2) is 8.90. The predicted octanol–water partition coefficient (Wildman–Crippen LogP) is 4.19. The second-order valence-corrected chi connectivity index (χ2v) is 9.74. The number of likely N-dealkylation sites (tertiary alicyclic amines) is 1. The molecule has 0 bridgehead atoms. The Hall–Kier alpha value is -3.15. The summed E-state index contributed by atoms with van der Waals surface area (Å²) in [7, 11) is 0. The minimum absolute atomic E-state index is 0.0280. The van der Waals surface area contributed by atoms with Crippen molar-refractivity contribution in [3.05, 3.63) is 59.2 Å². The number of benzene rings is 2. The first-order chi connectivity index (χ1) is 16.4. The topological polar surface area (TPSA) is 66.9 Å². The molecule has 6 heteroatoms. The largest absolute Gasteiger partial charge is 0.486 e. The first-order valence-corrected chi connectivity index (χ1v) is 12.5. The van der Waals surface area contributed by atoms with E-state index in [1.165, 1.54) is 0 Å². The number of para-hydroxylation sites is 2. The highest BCUT2D eigenvalue weighted by Gasteiger charge is 2.45. The van der Waals surface area contributed by atoms with Crippen molar-refractivity contribution in [3.63, 3.8) is 0 Å². The van der Waals surface area contributed by atoms with Gasteiger partial charge in [0, 0.05) is 44.6 Å². The van der Waals surface area contributed by atoms with Crippen LogP contribution in [0.3, 0.4) is 0 Å². The highest BCUT2D eigenvalue weighted by molar-refractivity contribution is 6.02. The molecule has 6 nitrogen and oxygen atoms in total. The Morgan fingerprint density at radius 2 is 1.68 bits per heavy atom. The van der Waals surface area contributed by atoms with Gasteiger partial charge in [0.25, 0.3) is 0 Å². The van der Waals surface area contributed by atoms with Crippen molar-refractivity contribution in [1.82, 2.24) is 4.90 Å². The lowest BCUT2D eigenvalue weighted by atomic mass is 9.82. The summed E-state index contributed by atoms with van der Waals surface area (Å²) in [6, 6.07) is 13.6. The molecule has 1 atom stereocenters. The average Bonchev–Trinajstić information content (AvgIpc) is 3.24. The number of ether oxygens (including phenoxy) is 1. The molecule has 178 valence electrons. The third-order valence-electron chi connectivity index (χ3n) is 7.69. The van der Waals surface area contributed by atoms with E-state index >= 15 is 0 Å². The number of hydrogen-bond acceptors (Lipinski definition) is 4. The van der Waals surface area contributed by atoms with Gasteiger partial charge in [-0.15, -0.1) is 0 Å². The molecular weight excluding hydrogens is 428 g/mol. The zero-order valence-corrected chi connectivity index (χ0v) is 20.0. The van der Waals surface area contributed by atoms with E-state index in [0.29, 0.717) is 50.2 Å². The maximum atomic E-state index is 13.4. The van der Waals surface area contributed by atoms with Gasteiger partial charge >= 0.3 is 0 Å². The van der Waals surface area contributed by atoms with Crippen LogP contribution in [0.1, 0.15) is 61.0 Å². The van der Waals surface area contributed by atoms with E-state index in [0.717, 1.165) is 29.7 Å². The molecule has 2 fully saturated rings. The number of hydrogen-bond donors (Lipinski definition) is 0. The van der Waals surface area contributed by atoms with E-state index in [2.05, 4.69) is 26.0 Å². The summed E-state index contributed by atoms with van der Waals surface area (Å²) >= 11 is 0. The fraction of sp³-hybridized carbons (Fsp3) is 0.464. The molecule has 0 N–H and O–H groups in total. The van der Waals surface area contributed by atoms with Gasteiger partial charge in [0.2, 0.25) is 11.8 Å². The van der Waals surface area contributed by atoms with E-state index in [1.54, 1.807) is 0 Å². The van der Waals surface area contributed by atoms with E-state index < -0.39 is 5.60 Å². The summed E-state index contributed by atoms with van der Waals surface area (Å²) in [5, 5.41) is 0. The molecule has 0 aromatic heterocycles. The average molecular weight is 461 g/mol. The number of ketones is 1. The van der Waals surface area contributed by atoms with Crippen molar-refractivity contribution in [3.8, 4) is 5.75 Å². The van der Waals surface area contributed by atoms with Gasteiger partial charge in [-0.2, -0.15) is 0 Å². The molecule has 1 unspecified atom stereocenters. The molecule has 3 aliphatic rings. The lowest BCUT2D eigenvalue weighted by molar-refractivity contribution is -0.139. The number of aryl methyl sites for hydroxylation is 2. The first kappa shape index (κ1) is 22.6. The van der Waals surface area contributed by atoms with Crippen LogP contribution in [-0.4, -0.2) is 47.7 Å². The number of carbonyl (C=O) groups is 3. The molecule has 2 aromatic carbocycles. The van der Waals surface area contributed by atoms with Crippen molar-refractivity contribution in [2.24, 2.45) is 5.92 Å².